The van der Waals surface area contributed by atoms with Gasteiger partial charge >= 0.3 is 0 Å². The van der Waals surface area contributed by atoms with Crippen LogP contribution in [0, 0.1) is 0 Å². The third kappa shape index (κ3) is 3.10. The van der Waals surface area contributed by atoms with Crippen molar-refractivity contribution in [2.45, 2.75) is 4.90 Å². The van der Waals surface area contributed by atoms with E-state index in [4.69, 9.17) is 9.88 Å². The Morgan fingerprint density at radius 3 is 2.75 bits per heavy atom. The van der Waals surface area contributed by atoms with Gasteiger partial charge in [-0.3, -0.25) is 10.1 Å². The van der Waals surface area contributed by atoms with E-state index in [1.807, 2.05) is 0 Å². The number of carbonyl (C=O) groups excluding carboxylic acids is 1. The van der Waals surface area contributed by atoms with Gasteiger partial charge < -0.3 is 4.74 Å². The number of hydrogen-bond donors (Lipinski definition) is 2. The summed E-state index contributed by atoms with van der Waals surface area (Å²) in [6.45, 7) is 0. The maximum Gasteiger partial charge on any atom is 0.261 e. The van der Waals surface area contributed by atoms with Crippen LogP contribution in [-0.4, -0.2) is 31.6 Å². The van der Waals surface area contributed by atoms with Crippen LogP contribution < -0.4 is 15.2 Å². The zero-order valence-corrected chi connectivity index (χ0v) is 11.9. The molecule has 1 heterocycles. The molecule has 106 valence electrons. The highest BCUT2D eigenvalue weighted by Gasteiger charge is 2.18. The molecule has 1 aromatic carbocycles. The van der Waals surface area contributed by atoms with Gasteiger partial charge in [0, 0.05) is 0 Å². The van der Waals surface area contributed by atoms with Gasteiger partial charge in [0.05, 0.1) is 17.6 Å². The van der Waals surface area contributed by atoms with Gasteiger partial charge in [-0.1, -0.05) is 11.3 Å². The van der Waals surface area contributed by atoms with Crippen LogP contribution in [0.5, 0.6) is 5.75 Å². The van der Waals surface area contributed by atoms with Crippen molar-refractivity contribution < 1.29 is 17.9 Å². The molecule has 0 aliphatic heterocycles. The van der Waals surface area contributed by atoms with Gasteiger partial charge in [0.1, 0.15) is 11.3 Å². The lowest BCUT2D eigenvalue weighted by Crippen LogP contribution is -2.16. The first-order chi connectivity index (χ1) is 9.41. The van der Waals surface area contributed by atoms with Gasteiger partial charge in [0.15, 0.2) is 0 Å². The average Bonchev–Trinajstić information content (AvgIpc) is 2.89. The maximum absolute atomic E-state index is 12.1. The Labute approximate surface area is 118 Å². The summed E-state index contributed by atoms with van der Waals surface area (Å²) in [4.78, 5) is 11.9. The third-order valence-electron chi connectivity index (χ3n) is 2.32. The summed E-state index contributed by atoms with van der Waals surface area (Å²) in [5, 5.41) is 15.0. The number of methoxy groups -OCH3 is 1. The highest BCUT2D eigenvalue weighted by Crippen LogP contribution is 2.23. The van der Waals surface area contributed by atoms with E-state index in [0.29, 0.717) is 0 Å². The normalized spacial score (nSPS) is 11.1. The standard InChI is InChI=1S/C10H10N4O4S2/c1-18-8-3-2-6(20(11,16)17)4-7(8)9(15)13-10-14-12-5-19-10/h2-5H,1H3,(H2,11,16,17)(H,13,14,15). The molecule has 0 spiro atoms. The second kappa shape index (κ2) is 5.53. The number of ether oxygens (including phenoxy) is 1. The van der Waals surface area contributed by atoms with Crippen LogP contribution in [0.4, 0.5) is 5.13 Å². The van der Waals surface area contributed by atoms with E-state index in [2.05, 4.69) is 15.5 Å². The molecule has 10 heteroatoms. The summed E-state index contributed by atoms with van der Waals surface area (Å²) in [5.41, 5.74) is 1.49. The quantitative estimate of drug-likeness (QED) is 0.844. The van der Waals surface area contributed by atoms with Crippen LogP contribution in [-0.2, 0) is 10.0 Å². The summed E-state index contributed by atoms with van der Waals surface area (Å²) in [7, 11) is -2.54. The summed E-state index contributed by atoms with van der Waals surface area (Å²) < 4.78 is 27.6. The summed E-state index contributed by atoms with van der Waals surface area (Å²) >= 11 is 1.13. The van der Waals surface area contributed by atoms with Crippen LogP contribution in [0.15, 0.2) is 28.6 Å². The number of rotatable bonds is 4. The minimum absolute atomic E-state index is 0.0363. The molecule has 0 atom stereocenters. The Morgan fingerprint density at radius 2 is 2.20 bits per heavy atom. The molecule has 0 radical (unpaired) electrons. The zero-order valence-electron chi connectivity index (χ0n) is 10.2. The number of anilines is 1. The number of sulfonamides is 1. The molecular weight excluding hydrogens is 304 g/mol. The van der Waals surface area contributed by atoms with Crippen LogP contribution in [0.25, 0.3) is 0 Å². The highest BCUT2D eigenvalue weighted by molar-refractivity contribution is 7.89. The number of nitrogens with zero attached hydrogens (tertiary/aromatic N) is 2. The number of primary sulfonamides is 1. The van der Waals surface area contributed by atoms with Crippen molar-refractivity contribution in [3.05, 3.63) is 29.3 Å². The van der Waals surface area contributed by atoms with Gasteiger partial charge in [0.2, 0.25) is 15.2 Å². The fourth-order valence-corrected chi connectivity index (χ4v) is 2.41. The second-order valence-corrected chi connectivity index (χ2v) is 6.00. The van der Waals surface area contributed by atoms with Crippen molar-refractivity contribution in [1.29, 1.82) is 0 Å². The molecule has 20 heavy (non-hydrogen) atoms. The van der Waals surface area contributed by atoms with Crippen LogP contribution in [0.2, 0.25) is 0 Å². The van der Waals surface area contributed by atoms with Crippen molar-refractivity contribution in [3.63, 3.8) is 0 Å². The fraction of sp³-hybridized carbons (Fsp3) is 0.100. The molecular formula is C10H10N4O4S2. The Kier molecular flexibility index (Phi) is 3.97. The smallest absolute Gasteiger partial charge is 0.261 e. The van der Waals surface area contributed by atoms with Gasteiger partial charge in [-0.25, -0.2) is 13.6 Å². The Morgan fingerprint density at radius 1 is 1.45 bits per heavy atom. The Hall–Kier alpha value is -2.04. The molecule has 0 bridgehead atoms. The number of benzene rings is 1. The van der Waals surface area contributed by atoms with Crippen LogP contribution in [0.1, 0.15) is 10.4 Å². The lowest BCUT2D eigenvalue weighted by atomic mass is 10.2. The number of nitrogens with one attached hydrogen (secondary N) is 1. The first-order valence-electron chi connectivity index (χ1n) is 5.20. The van der Waals surface area contributed by atoms with Crippen molar-refractivity contribution in [2.24, 2.45) is 5.14 Å². The molecule has 1 amide bonds. The lowest BCUT2D eigenvalue weighted by molar-refractivity contribution is 0.102. The van der Waals surface area contributed by atoms with Crippen LogP contribution in [0.3, 0.4) is 0 Å². The zero-order chi connectivity index (χ0) is 14.8. The summed E-state index contributed by atoms with van der Waals surface area (Å²) in [6.07, 6.45) is 0. The van der Waals surface area contributed by atoms with E-state index < -0.39 is 15.9 Å². The summed E-state index contributed by atoms with van der Waals surface area (Å²) in [6, 6.07) is 3.76. The number of aromatic nitrogens is 2. The maximum atomic E-state index is 12.1. The molecule has 0 saturated carbocycles. The first kappa shape index (κ1) is 14.4. The molecule has 1 aromatic heterocycles. The molecule has 0 aliphatic carbocycles. The molecule has 2 rings (SSSR count). The molecule has 0 saturated heterocycles. The Bertz CT molecular complexity index is 728. The van der Waals surface area contributed by atoms with E-state index in [0.717, 1.165) is 17.4 Å². The molecule has 0 aliphatic rings. The first-order valence-corrected chi connectivity index (χ1v) is 7.63. The summed E-state index contributed by atoms with van der Waals surface area (Å²) in [5.74, 6) is -0.344. The Balaban J connectivity index is 2.40. The molecule has 3 N–H and O–H groups in total. The van der Waals surface area contributed by atoms with Crippen molar-refractivity contribution in [3.8, 4) is 5.75 Å². The fourth-order valence-electron chi connectivity index (χ4n) is 1.43. The molecule has 8 nitrogen and oxygen atoms in total. The number of nitrogens with two attached hydrogens (primary N) is 1. The molecule has 2 aromatic rings. The van der Waals surface area contributed by atoms with E-state index in [9.17, 15) is 13.2 Å². The predicted octanol–water partition coefficient (Wildman–Crippen LogP) is 0.446. The highest BCUT2D eigenvalue weighted by atomic mass is 32.2. The number of carbonyl (C=O) groups is 1. The largest absolute Gasteiger partial charge is 0.496 e. The van der Waals surface area contributed by atoms with Gasteiger partial charge in [-0.15, -0.1) is 10.2 Å². The predicted molar refractivity (Wildman–Crippen MR) is 72.2 cm³/mol. The van der Waals surface area contributed by atoms with Gasteiger partial charge in [-0.05, 0) is 18.2 Å². The lowest BCUT2D eigenvalue weighted by Gasteiger charge is -2.09. The SMILES string of the molecule is COc1ccc(S(N)(=O)=O)cc1C(=O)Nc1nncs1. The van der Waals surface area contributed by atoms with Crippen molar-refractivity contribution in [2.75, 3.05) is 12.4 Å². The van der Waals surface area contributed by atoms with E-state index >= 15 is 0 Å². The molecule has 0 unspecified atom stereocenters. The topological polar surface area (TPSA) is 124 Å². The minimum atomic E-state index is -3.91. The van der Waals surface area contributed by atoms with Crippen LogP contribution >= 0.6 is 11.3 Å². The minimum Gasteiger partial charge on any atom is -0.496 e. The second-order valence-electron chi connectivity index (χ2n) is 3.61. The monoisotopic (exact) mass is 314 g/mol. The number of hydrogen-bond acceptors (Lipinski definition) is 7. The van der Waals surface area contributed by atoms with Crippen molar-refractivity contribution >= 4 is 32.4 Å². The van der Waals surface area contributed by atoms with Gasteiger partial charge in [0.25, 0.3) is 5.91 Å². The molecule has 0 fully saturated rings. The third-order valence-corrected chi connectivity index (χ3v) is 3.84. The van der Waals surface area contributed by atoms with E-state index in [1.54, 1.807) is 0 Å². The van der Waals surface area contributed by atoms with E-state index in [1.165, 1.54) is 24.8 Å². The van der Waals surface area contributed by atoms with Gasteiger partial charge in [-0.2, -0.15) is 0 Å². The average molecular weight is 314 g/mol. The van der Waals surface area contributed by atoms with Crippen molar-refractivity contribution in [1.82, 2.24) is 10.2 Å². The van der Waals surface area contributed by atoms with E-state index in [-0.39, 0.29) is 21.3 Å². The number of amides is 1.